The summed E-state index contributed by atoms with van der Waals surface area (Å²) in [6.45, 7) is 31.1. The molecule has 8 nitrogen and oxygen atoms in total. The fourth-order valence-corrected chi connectivity index (χ4v) is 9.97. The van der Waals surface area contributed by atoms with Gasteiger partial charge in [0.05, 0.1) is 0 Å². The Hall–Kier alpha value is 2.92. The third-order valence-corrected chi connectivity index (χ3v) is 14.5. The molecule has 3 N–H and O–H groups in total. The topological polar surface area (TPSA) is 99.6 Å². The zero-order chi connectivity index (χ0) is 44.1. The van der Waals surface area contributed by atoms with Gasteiger partial charge in [-0.1, -0.05) is 102 Å². The Labute approximate surface area is 551 Å². The molecule has 0 saturated carbocycles. The molecule has 6 bridgehead atoms. The molecular formula is C51H85B2N6O2Rb3S. The number of aryl methyl sites for hydroxylation is 2. The molecule has 0 aromatic heterocycles. The SMILES string of the molecule is C.CB(C)B(C)C.CC[NH-].CC[NH-].Cc1ccc(O[C@H]2CN3CCC2CC3)cc1.Cc1ccc(S[C@H]2CN3CCC2CC3)cc1.[NH-]Cc1ccc(O[C@H]2CN3CCC2CC3)cc1.[Rb+].[Rb+].[Rb+]. The molecule has 3 aromatic rings. The van der Waals surface area contributed by atoms with Crippen molar-refractivity contribution >= 4 is 25.0 Å². The Bertz CT molecular complexity index is 1510. The van der Waals surface area contributed by atoms with Crippen LogP contribution in [-0.4, -0.2) is 117 Å². The van der Waals surface area contributed by atoms with Gasteiger partial charge in [0, 0.05) is 29.8 Å². The molecule has 3 atom stereocenters. The first-order valence-electron chi connectivity index (χ1n) is 23.8. The van der Waals surface area contributed by atoms with Crippen molar-refractivity contribution < 1.29 is 184 Å². The van der Waals surface area contributed by atoms with Crippen molar-refractivity contribution in [3.8, 4) is 11.5 Å². The molecule has 9 aliphatic heterocycles. The monoisotopic (exact) mass is 1120 g/mol. The fraction of sp³-hybridized carbons (Fsp3) is 0.647. The Morgan fingerprint density at radius 3 is 1.14 bits per heavy atom. The van der Waals surface area contributed by atoms with Crippen LogP contribution in [-0.2, 0) is 6.54 Å². The summed E-state index contributed by atoms with van der Waals surface area (Å²) in [5.41, 5.74) is 23.4. The molecule has 9 saturated heterocycles. The molecule has 9 aliphatic rings. The number of nitrogens with zero attached hydrogens (tertiary/aromatic N) is 3. The molecule has 12 rings (SSSR count). The van der Waals surface area contributed by atoms with Gasteiger partial charge in [-0.15, -0.1) is 18.3 Å². The minimum Gasteiger partial charge on any atom is -0.678 e. The van der Waals surface area contributed by atoms with Crippen molar-refractivity contribution in [2.45, 2.75) is 130 Å². The van der Waals surface area contributed by atoms with Crippen molar-refractivity contribution in [3.05, 3.63) is 107 Å². The van der Waals surface area contributed by atoms with Crippen molar-refractivity contribution in [2.75, 3.05) is 72.0 Å². The summed E-state index contributed by atoms with van der Waals surface area (Å²) in [5.74, 6) is 4.49. The predicted molar refractivity (Wildman–Crippen MR) is 274 cm³/mol. The van der Waals surface area contributed by atoms with Crippen molar-refractivity contribution in [1.29, 1.82) is 0 Å². The summed E-state index contributed by atoms with van der Waals surface area (Å²) in [7, 11) is 0. The van der Waals surface area contributed by atoms with Gasteiger partial charge in [-0.2, -0.15) is 13.1 Å². The van der Waals surface area contributed by atoms with E-state index < -0.39 is 0 Å². The number of thioether (sulfide) groups is 1. The number of hydrogen-bond donors (Lipinski definition) is 0. The Morgan fingerprint density at radius 1 is 0.523 bits per heavy atom. The van der Waals surface area contributed by atoms with Gasteiger partial charge in [0.2, 0.25) is 0 Å². The number of nitrogens with one attached hydrogen (secondary N) is 3. The largest absolute Gasteiger partial charge is 1.00 e. The van der Waals surface area contributed by atoms with E-state index >= 15 is 0 Å². The molecule has 9 heterocycles. The third kappa shape index (κ3) is 25.6. The minimum absolute atomic E-state index is 0. The average Bonchev–Trinajstić information content (AvgIpc) is 3.28. The number of piperidine rings is 9. The molecule has 0 aliphatic carbocycles. The zero-order valence-electron chi connectivity index (χ0n) is 42.3. The Morgan fingerprint density at radius 2 is 0.846 bits per heavy atom. The average molecular weight is 1120 g/mol. The first-order valence-corrected chi connectivity index (χ1v) is 24.7. The van der Waals surface area contributed by atoms with Gasteiger partial charge < -0.3 is 31.6 Å². The van der Waals surface area contributed by atoms with E-state index in [1.165, 1.54) is 100 Å². The second-order valence-corrected chi connectivity index (χ2v) is 19.8. The second-order valence-electron chi connectivity index (χ2n) is 18.5. The van der Waals surface area contributed by atoms with Gasteiger partial charge in [-0.3, -0.25) is 9.80 Å². The fourth-order valence-electron chi connectivity index (χ4n) is 8.58. The normalized spacial score (nSPS) is 25.7. The van der Waals surface area contributed by atoms with Crippen LogP contribution >= 0.6 is 11.8 Å². The summed E-state index contributed by atoms with van der Waals surface area (Å²) in [5, 5.41) is 0.838. The predicted octanol–water partition coefficient (Wildman–Crippen LogP) is 3.70. The van der Waals surface area contributed by atoms with Gasteiger partial charge in [0.25, 0.3) is 0 Å². The third-order valence-electron chi connectivity index (χ3n) is 13.2. The number of rotatable bonds is 8. The molecular weight excluding hydrogens is 1040 g/mol. The van der Waals surface area contributed by atoms with Crippen LogP contribution in [0.5, 0.6) is 11.5 Å². The van der Waals surface area contributed by atoms with Crippen LogP contribution in [0.15, 0.2) is 77.7 Å². The molecule has 65 heavy (non-hydrogen) atoms. The number of ether oxygens (including phenoxy) is 2. The standard InChI is InChI=1S/C14H19N2O.C14H19NO.C14H19NS.C4H12B2.2C2H6N.CH4.3Rb/c15-9-11-1-3-13(4-2-11)17-14-10-16-7-5-12(14)6-8-16;2*1-11-2-4-13(5-3-11)16-14-10-15-8-6-12(14)7-9-15;1-5(2)6(3)4;2*1-2-3;;;;/h1-4,12,14-15H,5-10H2;2*2-5,12,14H,6-10H2,1H3;1-4H3;2*3H,2H2,1H3;1H4;;;/q-1;;;;2*-1;;3*+1/t3*14-;;;;;;;/m000......./s1. The maximum Gasteiger partial charge on any atom is 1.00 e. The molecule has 14 heteroatoms. The first-order chi connectivity index (χ1) is 29.4. The first kappa shape index (κ1) is 67.9. The van der Waals surface area contributed by atoms with Gasteiger partial charge in [0.1, 0.15) is 36.9 Å². The molecule has 0 radical (unpaired) electrons. The smallest absolute Gasteiger partial charge is 0.678 e. The molecule has 0 amide bonds. The summed E-state index contributed by atoms with van der Waals surface area (Å²) in [6, 6.07) is 25.4. The summed E-state index contributed by atoms with van der Waals surface area (Å²) >= 11 is 2.09. The summed E-state index contributed by atoms with van der Waals surface area (Å²) in [6.07, 6.45) is 8.84. The van der Waals surface area contributed by atoms with E-state index in [1.54, 1.807) is 13.8 Å². The van der Waals surface area contributed by atoms with Crippen LogP contribution in [0.2, 0.25) is 27.3 Å². The molecule has 346 valence electrons. The zero-order valence-corrected chi connectivity index (χ0v) is 57.9. The van der Waals surface area contributed by atoms with Gasteiger partial charge in [-0.05, 0) is 146 Å². The maximum absolute atomic E-state index is 7.29. The van der Waals surface area contributed by atoms with Gasteiger partial charge in [0.15, 0.2) is 0 Å². The number of fused-ring (bicyclic) bond motifs is 9. The van der Waals surface area contributed by atoms with Crippen LogP contribution in [0.25, 0.3) is 17.2 Å². The van der Waals surface area contributed by atoms with E-state index in [9.17, 15) is 0 Å². The maximum atomic E-state index is 7.29. The minimum atomic E-state index is 0. The van der Waals surface area contributed by atoms with Gasteiger partial charge >= 0.3 is 175 Å². The quantitative estimate of drug-likeness (QED) is 0.320. The summed E-state index contributed by atoms with van der Waals surface area (Å²) < 4.78 is 12.2. The van der Waals surface area contributed by atoms with Crippen LogP contribution in [0.3, 0.4) is 0 Å². The Kier molecular flexibility index (Phi) is 40.2. The number of hydrogen-bond acceptors (Lipinski definition) is 6. The van der Waals surface area contributed by atoms with E-state index in [-0.39, 0.29) is 182 Å². The molecule has 3 aromatic carbocycles. The second kappa shape index (κ2) is 38.5. The summed E-state index contributed by atoms with van der Waals surface area (Å²) in [4.78, 5) is 9.11. The Balaban J connectivity index is 0.000000819. The van der Waals surface area contributed by atoms with E-state index in [1.807, 2.05) is 24.3 Å². The van der Waals surface area contributed by atoms with Crippen molar-refractivity contribution in [1.82, 2.24) is 14.7 Å². The van der Waals surface area contributed by atoms with E-state index in [4.69, 9.17) is 26.7 Å². The van der Waals surface area contributed by atoms with Crippen LogP contribution in [0.1, 0.15) is 76.5 Å². The molecule has 0 unspecified atom stereocenters. The van der Waals surface area contributed by atoms with E-state index in [0.29, 0.717) is 31.8 Å². The van der Waals surface area contributed by atoms with E-state index in [2.05, 4.69) is 116 Å². The molecule has 9 fully saturated rings. The molecule has 0 spiro atoms. The van der Waals surface area contributed by atoms with E-state index in [0.717, 1.165) is 66.4 Å². The van der Waals surface area contributed by atoms with Crippen LogP contribution < -0.4 is 184 Å². The van der Waals surface area contributed by atoms with Crippen LogP contribution in [0.4, 0.5) is 0 Å². The van der Waals surface area contributed by atoms with Crippen LogP contribution in [0, 0.1) is 31.6 Å². The van der Waals surface area contributed by atoms with Crippen molar-refractivity contribution in [3.63, 3.8) is 0 Å². The van der Waals surface area contributed by atoms with Crippen molar-refractivity contribution in [2.24, 2.45) is 17.8 Å². The number of benzene rings is 3. The van der Waals surface area contributed by atoms with Gasteiger partial charge in [-0.25, -0.2) is 0 Å².